The molecule has 0 bridgehead atoms. The van der Waals surface area contributed by atoms with Gasteiger partial charge in [-0.1, -0.05) is 24.3 Å². The summed E-state index contributed by atoms with van der Waals surface area (Å²) in [7, 11) is 0. The van der Waals surface area contributed by atoms with Crippen molar-refractivity contribution in [1.29, 1.82) is 0 Å². The van der Waals surface area contributed by atoms with Gasteiger partial charge in [0.2, 0.25) is 0 Å². The van der Waals surface area contributed by atoms with E-state index in [0.717, 1.165) is 22.3 Å². The minimum absolute atomic E-state index is 0.410. The Labute approximate surface area is 125 Å². The third-order valence-corrected chi connectivity index (χ3v) is 3.17. The minimum Gasteiger partial charge on any atom is -0.454 e. The van der Waals surface area contributed by atoms with Crippen molar-refractivity contribution in [2.45, 2.75) is 26.6 Å². The normalized spacial score (nSPS) is 11.3. The Morgan fingerprint density at radius 2 is 1.64 bits per heavy atom. The molecular formula is C16H14F3NO2. The van der Waals surface area contributed by atoms with Crippen molar-refractivity contribution < 1.29 is 22.7 Å². The van der Waals surface area contributed by atoms with Crippen LogP contribution in [0.4, 0.5) is 13.2 Å². The SMILES string of the molecule is Cc1cncc(C)c1-c1ccc(COC(=O)C(F)(F)F)cc1. The number of halogens is 3. The topological polar surface area (TPSA) is 39.2 Å². The van der Waals surface area contributed by atoms with E-state index in [1.807, 2.05) is 13.8 Å². The molecule has 3 nitrogen and oxygen atoms in total. The summed E-state index contributed by atoms with van der Waals surface area (Å²) < 4.78 is 40.3. The molecule has 0 spiro atoms. The van der Waals surface area contributed by atoms with Crippen molar-refractivity contribution >= 4 is 5.97 Å². The van der Waals surface area contributed by atoms with E-state index in [-0.39, 0.29) is 0 Å². The zero-order valence-electron chi connectivity index (χ0n) is 12.1. The number of hydrogen-bond acceptors (Lipinski definition) is 3. The third-order valence-electron chi connectivity index (χ3n) is 3.17. The second kappa shape index (κ2) is 6.17. The number of esters is 1. The van der Waals surface area contributed by atoms with Crippen molar-refractivity contribution in [3.8, 4) is 11.1 Å². The third kappa shape index (κ3) is 3.63. The molecule has 2 rings (SSSR count). The molecule has 6 heteroatoms. The van der Waals surface area contributed by atoms with Crippen LogP contribution in [0.1, 0.15) is 16.7 Å². The quantitative estimate of drug-likeness (QED) is 0.805. The van der Waals surface area contributed by atoms with Gasteiger partial charge in [-0.2, -0.15) is 13.2 Å². The number of rotatable bonds is 3. The Morgan fingerprint density at radius 1 is 1.09 bits per heavy atom. The highest BCUT2D eigenvalue weighted by Gasteiger charge is 2.40. The molecule has 22 heavy (non-hydrogen) atoms. The summed E-state index contributed by atoms with van der Waals surface area (Å²) in [5.41, 5.74) is 4.48. The summed E-state index contributed by atoms with van der Waals surface area (Å²) >= 11 is 0. The molecule has 0 amide bonds. The lowest BCUT2D eigenvalue weighted by Crippen LogP contribution is -2.25. The highest BCUT2D eigenvalue weighted by molar-refractivity contribution is 5.75. The van der Waals surface area contributed by atoms with Gasteiger partial charge in [0, 0.05) is 12.4 Å². The summed E-state index contributed by atoms with van der Waals surface area (Å²) in [6.07, 6.45) is -1.46. The van der Waals surface area contributed by atoms with Gasteiger partial charge in [-0.15, -0.1) is 0 Å². The molecule has 1 aromatic carbocycles. The maximum absolute atomic E-state index is 12.0. The summed E-state index contributed by atoms with van der Waals surface area (Å²) in [6, 6.07) is 6.84. The molecule has 0 saturated heterocycles. The van der Waals surface area contributed by atoms with Crippen LogP contribution in [0.15, 0.2) is 36.7 Å². The number of aromatic nitrogens is 1. The van der Waals surface area contributed by atoms with Gasteiger partial charge in [-0.3, -0.25) is 4.98 Å². The van der Waals surface area contributed by atoms with Crippen molar-refractivity contribution in [3.63, 3.8) is 0 Å². The molecule has 0 aliphatic carbocycles. The fourth-order valence-electron chi connectivity index (χ4n) is 2.15. The van der Waals surface area contributed by atoms with E-state index in [4.69, 9.17) is 0 Å². The summed E-state index contributed by atoms with van der Waals surface area (Å²) in [5.74, 6) is -2.18. The summed E-state index contributed by atoms with van der Waals surface area (Å²) in [4.78, 5) is 14.8. The first-order valence-electron chi connectivity index (χ1n) is 6.53. The lowest BCUT2D eigenvalue weighted by Gasteiger charge is -2.11. The molecule has 0 aliphatic rings. The molecular weight excluding hydrogens is 295 g/mol. The largest absolute Gasteiger partial charge is 0.490 e. The fourth-order valence-corrected chi connectivity index (χ4v) is 2.15. The van der Waals surface area contributed by atoms with Crippen LogP contribution in [0.5, 0.6) is 0 Å². The maximum Gasteiger partial charge on any atom is 0.490 e. The van der Waals surface area contributed by atoms with Crippen LogP contribution < -0.4 is 0 Å². The lowest BCUT2D eigenvalue weighted by molar-refractivity contribution is -0.201. The molecule has 2 aromatic rings. The number of benzene rings is 1. The number of carbonyl (C=O) groups excluding carboxylic acids is 1. The van der Waals surface area contributed by atoms with E-state index in [9.17, 15) is 18.0 Å². The highest BCUT2D eigenvalue weighted by Crippen LogP contribution is 2.26. The van der Waals surface area contributed by atoms with Crippen LogP contribution in [-0.4, -0.2) is 17.1 Å². The van der Waals surface area contributed by atoms with Crippen LogP contribution in [-0.2, 0) is 16.1 Å². The minimum atomic E-state index is -4.97. The van der Waals surface area contributed by atoms with Gasteiger partial charge in [0.25, 0.3) is 0 Å². The van der Waals surface area contributed by atoms with Gasteiger partial charge in [0.05, 0.1) is 0 Å². The van der Waals surface area contributed by atoms with E-state index >= 15 is 0 Å². The van der Waals surface area contributed by atoms with E-state index in [2.05, 4.69) is 9.72 Å². The maximum atomic E-state index is 12.0. The van der Waals surface area contributed by atoms with Gasteiger partial charge in [-0.25, -0.2) is 4.79 Å². The van der Waals surface area contributed by atoms with Gasteiger partial charge in [-0.05, 0) is 41.7 Å². The molecule has 0 fully saturated rings. The second-order valence-electron chi connectivity index (χ2n) is 4.92. The Hall–Kier alpha value is -2.37. The Bertz CT molecular complexity index is 659. The van der Waals surface area contributed by atoms with Crippen LogP contribution in [0.3, 0.4) is 0 Å². The Balaban J connectivity index is 2.13. The van der Waals surface area contributed by atoms with Gasteiger partial charge in [0.1, 0.15) is 6.61 Å². The number of carbonyl (C=O) groups is 1. The number of nitrogens with zero attached hydrogens (tertiary/aromatic N) is 1. The van der Waals surface area contributed by atoms with E-state index < -0.39 is 18.8 Å². The van der Waals surface area contributed by atoms with Gasteiger partial charge >= 0.3 is 12.1 Å². The van der Waals surface area contributed by atoms with Gasteiger partial charge in [0.15, 0.2) is 0 Å². The van der Waals surface area contributed by atoms with Crippen LogP contribution in [0.25, 0.3) is 11.1 Å². The first-order valence-corrected chi connectivity index (χ1v) is 6.53. The number of pyridine rings is 1. The molecule has 116 valence electrons. The zero-order chi connectivity index (χ0) is 16.3. The van der Waals surface area contributed by atoms with Crippen molar-refractivity contribution in [2.75, 3.05) is 0 Å². The van der Waals surface area contributed by atoms with Crippen molar-refractivity contribution in [2.24, 2.45) is 0 Å². The number of hydrogen-bond donors (Lipinski definition) is 0. The van der Waals surface area contributed by atoms with E-state index in [1.54, 1.807) is 36.7 Å². The predicted octanol–water partition coefficient (Wildman–Crippen LogP) is 3.97. The second-order valence-corrected chi connectivity index (χ2v) is 4.92. The molecule has 0 saturated carbocycles. The number of ether oxygens (including phenoxy) is 1. The monoisotopic (exact) mass is 309 g/mol. The van der Waals surface area contributed by atoms with Crippen LogP contribution >= 0.6 is 0 Å². The van der Waals surface area contributed by atoms with Crippen LogP contribution in [0.2, 0.25) is 0 Å². The standard InChI is InChI=1S/C16H14F3NO2/c1-10-7-20-8-11(2)14(10)13-5-3-12(4-6-13)9-22-15(21)16(17,18)19/h3-8H,9H2,1-2H3. The number of alkyl halides is 3. The molecule has 0 atom stereocenters. The summed E-state index contributed by atoms with van der Waals surface area (Å²) in [5, 5.41) is 0. The molecule has 0 aliphatic heterocycles. The Morgan fingerprint density at radius 3 is 2.14 bits per heavy atom. The average Bonchev–Trinajstić information content (AvgIpc) is 2.45. The van der Waals surface area contributed by atoms with E-state index in [0.29, 0.717) is 5.56 Å². The van der Waals surface area contributed by atoms with Crippen molar-refractivity contribution in [1.82, 2.24) is 4.98 Å². The molecule has 0 unspecified atom stereocenters. The predicted molar refractivity (Wildman–Crippen MR) is 75.0 cm³/mol. The fraction of sp³-hybridized carbons (Fsp3) is 0.250. The van der Waals surface area contributed by atoms with E-state index in [1.165, 1.54) is 0 Å². The first-order chi connectivity index (χ1) is 10.3. The molecule has 1 heterocycles. The van der Waals surface area contributed by atoms with Gasteiger partial charge < -0.3 is 4.74 Å². The molecule has 0 radical (unpaired) electrons. The lowest BCUT2D eigenvalue weighted by atomic mass is 9.97. The highest BCUT2D eigenvalue weighted by atomic mass is 19.4. The van der Waals surface area contributed by atoms with Crippen molar-refractivity contribution in [3.05, 3.63) is 53.3 Å². The number of aryl methyl sites for hydroxylation is 2. The molecule has 1 aromatic heterocycles. The summed E-state index contributed by atoms with van der Waals surface area (Å²) in [6.45, 7) is 3.47. The zero-order valence-corrected chi connectivity index (χ0v) is 12.1. The first kappa shape index (κ1) is 16.0. The van der Waals surface area contributed by atoms with Crippen LogP contribution in [0, 0.1) is 13.8 Å². The molecule has 0 N–H and O–H groups in total. The Kier molecular flexibility index (Phi) is 4.49. The average molecular weight is 309 g/mol. The smallest absolute Gasteiger partial charge is 0.454 e.